The Morgan fingerprint density at radius 1 is 1.06 bits per heavy atom. The highest BCUT2D eigenvalue weighted by atomic mass is 16.2. The Kier molecular flexibility index (Phi) is 5.29. The zero-order valence-corrected chi connectivity index (χ0v) is 19.3. The van der Waals surface area contributed by atoms with Crippen LogP contribution in [0.1, 0.15) is 40.7 Å². The van der Waals surface area contributed by atoms with E-state index in [0.717, 1.165) is 37.3 Å². The fraction of sp³-hybridized carbons (Fsp3) is 0.385. The number of rotatable bonds is 4. The standard InChI is InChI=1S/C26H27N5O4/c32-23-9-8-22(24(33)28-23)30-14-17-12-18(6-7-20(17)25(30)34)27-26(35)31-19(15-29-10-3-11-29)13-16-4-1-2-5-21(16)31/h1-2,4-7,12,19,22H,3,8-11,13-15H2,(H,27,35)(H,28,32,33)/t19-,22?/m0/s1. The molecular weight excluding hydrogens is 446 g/mol. The highest BCUT2D eigenvalue weighted by molar-refractivity contribution is 6.07. The van der Waals surface area contributed by atoms with Crippen molar-refractivity contribution in [2.24, 2.45) is 0 Å². The lowest BCUT2D eigenvalue weighted by Gasteiger charge is -2.36. The summed E-state index contributed by atoms with van der Waals surface area (Å²) in [4.78, 5) is 55.9. The van der Waals surface area contributed by atoms with Gasteiger partial charge in [-0.1, -0.05) is 18.2 Å². The van der Waals surface area contributed by atoms with E-state index in [9.17, 15) is 19.2 Å². The number of hydrogen-bond donors (Lipinski definition) is 2. The van der Waals surface area contributed by atoms with E-state index >= 15 is 0 Å². The lowest BCUT2D eigenvalue weighted by atomic mass is 10.0. The van der Waals surface area contributed by atoms with E-state index in [-0.39, 0.29) is 36.9 Å². The first-order chi connectivity index (χ1) is 17.0. The van der Waals surface area contributed by atoms with Gasteiger partial charge < -0.3 is 15.1 Å². The molecule has 0 aliphatic carbocycles. The molecule has 4 heterocycles. The molecule has 4 aliphatic heterocycles. The maximum atomic E-state index is 13.5. The third-order valence-corrected chi connectivity index (χ3v) is 7.48. The molecule has 9 heteroatoms. The van der Waals surface area contributed by atoms with Gasteiger partial charge in [-0.3, -0.25) is 24.6 Å². The van der Waals surface area contributed by atoms with Crippen molar-refractivity contribution in [1.29, 1.82) is 0 Å². The lowest BCUT2D eigenvalue weighted by molar-refractivity contribution is -0.136. The number of para-hydroxylation sites is 1. The molecule has 2 saturated heterocycles. The number of piperidine rings is 1. The molecule has 9 nitrogen and oxygen atoms in total. The van der Waals surface area contributed by atoms with Gasteiger partial charge >= 0.3 is 6.03 Å². The fourth-order valence-corrected chi connectivity index (χ4v) is 5.58. The maximum Gasteiger partial charge on any atom is 0.326 e. The third-order valence-electron chi connectivity index (χ3n) is 7.48. The molecule has 1 unspecified atom stereocenters. The molecule has 2 atom stereocenters. The third kappa shape index (κ3) is 3.85. The van der Waals surface area contributed by atoms with E-state index in [1.54, 1.807) is 12.1 Å². The molecular formula is C26H27N5O4. The van der Waals surface area contributed by atoms with Crippen LogP contribution in [0.5, 0.6) is 0 Å². The SMILES string of the molecule is O=C1CCC(N2Cc3cc(NC(=O)N4c5ccccc5C[C@H]4CN4CCC4)ccc3C2=O)C(=O)N1. The quantitative estimate of drug-likeness (QED) is 0.663. The first kappa shape index (κ1) is 21.8. The van der Waals surface area contributed by atoms with Crippen LogP contribution in [0.3, 0.4) is 0 Å². The minimum atomic E-state index is -0.658. The fourth-order valence-electron chi connectivity index (χ4n) is 5.58. The van der Waals surface area contributed by atoms with Gasteiger partial charge in [-0.05, 0) is 67.7 Å². The molecule has 0 saturated carbocycles. The van der Waals surface area contributed by atoms with Crippen LogP contribution >= 0.6 is 0 Å². The van der Waals surface area contributed by atoms with Gasteiger partial charge in [0.1, 0.15) is 6.04 Å². The van der Waals surface area contributed by atoms with Crippen LogP contribution < -0.4 is 15.5 Å². The molecule has 2 N–H and O–H groups in total. The van der Waals surface area contributed by atoms with Crippen LogP contribution in [0.4, 0.5) is 16.2 Å². The van der Waals surface area contributed by atoms with Crippen LogP contribution in [0.2, 0.25) is 0 Å². The van der Waals surface area contributed by atoms with Gasteiger partial charge in [0.05, 0.1) is 6.04 Å². The summed E-state index contributed by atoms with van der Waals surface area (Å²) in [6.45, 7) is 3.27. The van der Waals surface area contributed by atoms with E-state index in [0.29, 0.717) is 17.7 Å². The van der Waals surface area contributed by atoms with Crippen LogP contribution in [0.25, 0.3) is 0 Å². The summed E-state index contributed by atoms with van der Waals surface area (Å²) in [5.74, 6) is -0.969. The molecule has 180 valence electrons. The Labute approximate surface area is 203 Å². The van der Waals surface area contributed by atoms with Gasteiger partial charge in [-0.15, -0.1) is 0 Å². The number of carbonyl (C=O) groups excluding carboxylic acids is 4. The topological polar surface area (TPSA) is 102 Å². The van der Waals surface area contributed by atoms with Gasteiger partial charge in [-0.25, -0.2) is 4.79 Å². The van der Waals surface area contributed by atoms with Crippen molar-refractivity contribution in [3.63, 3.8) is 0 Å². The van der Waals surface area contributed by atoms with Crippen molar-refractivity contribution in [3.8, 4) is 0 Å². The molecule has 0 bridgehead atoms. The molecule has 6 rings (SSSR count). The Balaban J connectivity index is 1.20. The average molecular weight is 474 g/mol. The first-order valence-electron chi connectivity index (χ1n) is 12.2. The number of amides is 5. The van der Waals surface area contributed by atoms with E-state index in [1.165, 1.54) is 16.9 Å². The van der Waals surface area contributed by atoms with E-state index in [2.05, 4.69) is 21.6 Å². The largest absolute Gasteiger partial charge is 0.326 e. The highest BCUT2D eigenvalue weighted by Gasteiger charge is 2.39. The predicted molar refractivity (Wildman–Crippen MR) is 129 cm³/mol. The number of fused-ring (bicyclic) bond motifs is 2. The van der Waals surface area contributed by atoms with Gasteiger partial charge in [0, 0.05) is 36.4 Å². The van der Waals surface area contributed by atoms with Gasteiger partial charge in [0.2, 0.25) is 11.8 Å². The van der Waals surface area contributed by atoms with Crippen molar-refractivity contribution < 1.29 is 19.2 Å². The second-order valence-electron chi connectivity index (χ2n) is 9.71. The lowest BCUT2D eigenvalue weighted by Crippen LogP contribution is -2.52. The van der Waals surface area contributed by atoms with Crippen molar-refractivity contribution in [3.05, 3.63) is 59.2 Å². The normalized spacial score (nSPS) is 23.6. The van der Waals surface area contributed by atoms with Crippen LogP contribution in [0, 0.1) is 0 Å². The monoisotopic (exact) mass is 473 g/mol. The first-order valence-corrected chi connectivity index (χ1v) is 12.2. The summed E-state index contributed by atoms with van der Waals surface area (Å²) in [5.41, 5.74) is 4.01. The number of carbonyl (C=O) groups is 4. The summed E-state index contributed by atoms with van der Waals surface area (Å²) < 4.78 is 0. The summed E-state index contributed by atoms with van der Waals surface area (Å²) >= 11 is 0. The summed E-state index contributed by atoms with van der Waals surface area (Å²) in [6.07, 6.45) is 2.57. The Hall–Kier alpha value is -3.72. The van der Waals surface area contributed by atoms with Gasteiger partial charge in [0.15, 0.2) is 0 Å². The number of nitrogens with one attached hydrogen (secondary N) is 2. The molecule has 4 aliphatic rings. The second kappa shape index (κ2) is 8.49. The van der Waals surface area contributed by atoms with Crippen molar-refractivity contribution >= 4 is 35.1 Å². The molecule has 0 aromatic heterocycles. The smallest absolute Gasteiger partial charge is 0.322 e. The molecule has 2 fully saturated rings. The van der Waals surface area contributed by atoms with E-state index < -0.39 is 11.9 Å². The zero-order chi connectivity index (χ0) is 24.1. The number of likely N-dealkylation sites (tertiary alicyclic amines) is 1. The molecule has 0 radical (unpaired) electrons. The van der Waals surface area contributed by atoms with Crippen LogP contribution in [0.15, 0.2) is 42.5 Å². The minimum Gasteiger partial charge on any atom is -0.322 e. The average Bonchev–Trinajstić information content (AvgIpc) is 3.33. The zero-order valence-electron chi connectivity index (χ0n) is 19.3. The summed E-state index contributed by atoms with van der Waals surface area (Å²) in [5, 5.41) is 5.35. The Bertz CT molecular complexity index is 1240. The second-order valence-corrected chi connectivity index (χ2v) is 9.71. The molecule has 5 amide bonds. The number of urea groups is 1. The van der Waals surface area contributed by atoms with E-state index in [1.807, 2.05) is 29.2 Å². The minimum absolute atomic E-state index is 0.0757. The number of imide groups is 1. The number of anilines is 2. The van der Waals surface area contributed by atoms with Crippen molar-refractivity contribution in [2.75, 3.05) is 29.9 Å². The molecule has 35 heavy (non-hydrogen) atoms. The molecule has 2 aromatic rings. The van der Waals surface area contributed by atoms with E-state index in [4.69, 9.17) is 0 Å². The number of hydrogen-bond acceptors (Lipinski definition) is 5. The predicted octanol–water partition coefficient (Wildman–Crippen LogP) is 2.12. The highest BCUT2D eigenvalue weighted by Crippen LogP contribution is 2.34. The summed E-state index contributed by atoms with van der Waals surface area (Å²) in [6, 6.07) is 12.5. The number of benzene rings is 2. The molecule has 2 aromatic carbocycles. The van der Waals surface area contributed by atoms with Crippen LogP contribution in [-0.4, -0.2) is 65.3 Å². The van der Waals surface area contributed by atoms with Crippen LogP contribution in [-0.2, 0) is 22.6 Å². The Morgan fingerprint density at radius 3 is 2.66 bits per heavy atom. The van der Waals surface area contributed by atoms with Crippen molar-refractivity contribution in [1.82, 2.24) is 15.1 Å². The van der Waals surface area contributed by atoms with Gasteiger partial charge in [-0.2, -0.15) is 0 Å². The molecule has 0 spiro atoms. The van der Waals surface area contributed by atoms with Crippen molar-refractivity contribution in [2.45, 2.75) is 44.3 Å². The maximum absolute atomic E-state index is 13.5. The Morgan fingerprint density at radius 2 is 1.89 bits per heavy atom. The number of nitrogens with zero attached hydrogens (tertiary/aromatic N) is 3. The van der Waals surface area contributed by atoms with Gasteiger partial charge in [0.25, 0.3) is 5.91 Å². The summed E-state index contributed by atoms with van der Waals surface area (Å²) in [7, 11) is 0.